The topological polar surface area (TPSA) is 15.7 Å². The summed E-state index contributed by atoms with van der Waals surface area (Å²) in [6.07, 6.45) is 6.31. The third kappa shape index (κ3) is 3.37. The quantitative estimate of drug-likeness (QED) is 0.843. The lowest BCUT2D eigenvalue weighted by atomic mass is 9.79. The molecule has 3 fully saturated rings. The molecule has 1 aromatic carbocycles. The fourth-order valence-corrected chi connectivity index (χ4v) is 4.85. The van der Waals surface area contributed by atoms with Gasteiger partial charge in [-0.3, -0.25) is 0 Å². The summed E-state index contributed by atoms with van der Waals surface area (Å²) in [7, 11) is 0. The van der Waals surface area contributed by atoms with Gasteiger partial charge in [0.05, 0.1) is 6.61 Å². The van der Waals surface area contributed by atoms with Crippen LogP contribution in [0.5, 0.6) is 0 Å². The van der Waals surface area contributed by atoms with Crippen molar-refractivity contribution < 1.29 is 9.13 Å². The summed E-state index contributed by atoms with van der Waals surface area (Å²) in [5.74, 6) is -0.133. The Labute approximate surface area is 144 Å². The zero-order valence-electron chi connectivity index (χ0n) is 14.6. The molecule has 3 aliphatic rings. The molecule has 0 N–H and O–H groups in total. The Hall–Kier alpha value is -0.970. The predicted octanol–water partition coefficient (Wildman–Crippen LogP) is 3.04. The normalized spacial score (nSPS) is 30.2. The van der Waals surface area contributed by atoms with Crippen LogP contribution in [0.4, 0.5) is 4.39 Å². The first-order chi connectivity index (χ1) is 11.8. The molecule has 4 heteroatoms. The van der Waals surface area contributed by atoms with E-state index >= 15 is 0 Å². The lowest BCUT2D eigenvalue weighted by Crippen LogP contribution is -2.48. The van der Waals surface area contributed by atoms with Crippen molar-refractivity contribution in [2.24, 2.45) is 0 Å². The van der Waals surface area contributed by atoms with Crippen molar-refractivity contribution in [3.05, 3.63) is 35.6 Å². The predicted molar refractivity (Wildman–Crippen MR) is 93.8 cm³/mol. The average molecular weight is 332 g/mol. The molecule has 3 heterocycles. The summed E-state index contributed by atoms with van der Waals surface area (Å²) in [4.78, 5) is 5.28. The molecule has 0 radical (unpaired) electrons. The van der Waals surface area contributed by atoms with E-state index in [-0.39, 0.29) is 11.2 Å². The van der Waals surface area contributed by atoms with E-state index in [1.54, 1.807) is 6.07 Å². The molecule has 0 aliphatic carbocycles. The molecule has 0 saturated carbocycles. The van der Waals surface area contributed by atoms with Gasteiger partial charge in [-0.15, -0.1) is 0 Å². The van der Waals surface area contributed by atoms with Crippen molar-refractivity contribution in [2.75, 3.05) is 45.9 Å². The summed E-state index contributed by atoms with van der Waals surface area (Å²) < 4.78 is 19.5. The van der Waals surface area contributed by atoms with Gasteiger partial charge in [0.2, 0.25) is 0 Å². The van der Waals surface area contributed by atoms with Crippen LogP contribution in [0.15, 0.2) is 24.3 Å². The molecule has 1 unspecified atom stereocenters. The Morgan fingerprint density at radius 3 is 2.58 bits per heavy atom. The highest BCUT2D eigenvalue weighted by Crippen LogP contribution is 2.35. The van der Waals surface area contributed by atoms with Crippen LogP contribution in [-0.4, -0.2) is 61.8 Å². The van der Waals surface area contributed by atoms with E-state index in [9.17, 15) is 4.39 Å². The molecular weight excluding hydrogens is 303 g/mol. The van der Waals surface area contributed by atoms with Gasteiger partial charge >= 0.3 is 0 Å². The van der Waals surface area contributed by atoms with Crippen molar-refractivity contribution in [3.63, 3.8) is 0 Å². The first kappa shape index (κ1) is 16.5. The van der Waals surface area contributed by atoms with Gasteiger partial charge in [0.1, 0.15) is 5.82 Å². The molecule has 0 aromatic heterocycles. The minimum Gasteiger partial charge on any atom is -0.380 e. The SMILES string of the molecule is Fc1cccc(C2(CN3CCC(N4CCCC4)CC3)CCOC2)c1. The molecule has 1 aromatic rings. The van der Waals surface area contributed by atoms with Gasteiger partial charge in [0.15, 0.2) is 0 Å². The molecule has 0 bridgehead atoms. The molecular formula is C20H29FN2O. The van der Waals surface area contributed by atoms with E-state index in [0.717, 1.165) is 50.9 Å². The Bertz CT molecular complexity index is 544. The molecule has 3 aliphatic heterocycles. The van der Waals surface area contributed by atoms with Gasteiger partial charge in [-0.1, -0.05) is 12.1 Å². The highest BCUT2D eigenvalue weighted by molar-refractivity contribution is 5.28. The zero-order valence-corrected chi connectivity index (χ0v) is 14.6. The number of benzene rings is 1. The number of rotatable bonds is 4. The number of nitrogens with zero attached hydrogens (tertiary/aromatic N) is 2. The van der Waals surface area contributed by atoms with Crippen LogP contribution in [0.3, 0.4) is 0 Å². The maximum Gasteiger partial charge on any atom is 0.123 e. The van der Waals surface area contributed by atoms with E-state index in [1.807, 2.05) is 6.07 Å². The Balaban J connectivity index is 1.41. The molecule has 3 nitrogen and oxygen atoms in total. The van der Waals surface area contributed by atoms with Crippen molar-refractivity contribution in [2.45, 2.75) is 43.6 Å². The average Bonchev–Trinajstić information content (AvgIpc) is 3.28. The van der Waals surface area contributed by atoms with E-state index in [2.05, 4.69) is 15.9 Å². The summed E-state index contributed by atoms with van der Waals surface area (Å²) in [5.41, 5.74) is 1.09. The summed E-state index contributed by atoms with van der Waals surface area (Å²) in [5, 5.41) is 0. The minimum absolute atomic E-state index is 0.0252. The third-order valence-corrected chi connectivity index (χ3v) is 6.28. The highest BCUT2D eigenvalue weighted by atomic mass is 19.1. The largest absolute Gasteiger partial charge is 0.380 e. The third-order valence-electron chi connectivity index (χ3n) is 6.28. The fraction of sp³-hybridized carbons (Fsp3) is 0.700. The number of ether oxygens (including phenoxy) is 1. The van der Waals surface area contributed by atoms with Crippen LogP contribution in [0.25, 0.3) is 0 Å². The number of hydrogen-bond donors (Lipinski definition) is 0. The number of halogens is 1. The summed E-state index contributed by atoms with van der Waals surface area (Å²) >= 11 is 0. The van der Waals surface area contributed by atoms with Gasteiger partial charge in [-0.25, -0.2) is 4.39 Å². The number of piperidine rings is 1. The first-order valence-corrected chi connectivity index (χ1v) is 9.55. The van der Waals surface area contributed by atoms with Crippen molar-refractivity contribution in [3.8, 4) is 0 Å². The second-order valence-corrected chi connectivity index (χ2v) is 7.84. The monoisotopic (exact) mass is 332 g/mol. The molecule has 132 valence electrons. The van der Waals surface area contributed by atoms with Crippen LogP contribution in [0, 0.1) is 5.82 Å². The van der Waals surface area contributed by atoms with Crippen molar-refractivity contribution >= 4 is 0 Å². The van der Waals surface area contributed by atoms with Crippen LogP contribution in [0.2, 0.25) is 0 Å². The van der Waals surface area contributed by atoms with Gasteiger partial charge in [-0.05, 0) is 76.0 Å². The maximum absolute atomic E-state index is 13.7. The molecule has 0 spiro atoms. The second-order valence-electron chi connectivity index (χ2n) is 7.84. The van der Waals surface area contributed by atoms with Gasteiger partial charge in [0.25, 0.3) is 0 Å². The van der Waals surface area contributed by atoms with Gasteiger partial charge < -0.3 is 14.5 Å². The lowest BCUT2D eigenvalue weighted by Gasteiger charge is -2.40. The second kappa shape index (κ2) is 7.11. The summed E-state index contributed by atoms with van der Waals surface area (Å²) in [6.45, 7) is 7.44. The fourth-order valence-electron chi connectivity index (χ4n) is 4.85. The van der Waals surface area contributed by atoms with Crippen LogP contribution in [0.1, 0.15) is 37.7 Å². The molecule has 0 amide bonds. The zero-order chi connectivity index (χ0) is 16.4. The van der Waals surface area contributed by atoms with E-state index in [1.165, 1.54) is 44.8 Å². The molecule has 3 saturated heterocycles. The maximum atomic E-state index is 13.7. The van der Waals surface area contributed by atoms with Crippen LogP contribution in [-0.2, 0) is 10.2 Å². The van der Waals surface area contributed by atoms with Gasteiger partial charge in [-0.2, -0.15) is 0 Å². The number of likely N-dealkylation sites (tertiary alicyclic amines) is 2. The Morgan fingerprint density at radius 2 is 1.92 bits per heavy atom. The van der Waals surface area contributed by atoms with Gasteiger partial charge in [0, 0.05) is 24.6 Å². The standard InChI is InChI=1S/C20H29FN2O/c21-18-5-3-4-17(14-18)20(8-13-24-16-20)15-22-11-6-19(7-12-22)23-9-1-2-10-23/h3-5,14,19H,1-2,6-13,15-16H2. The Kier molecular flexibility index (Phi) is 4.88. The van der Waals surface area contributed by atoms with Crippen molar-refractivity contribution in [1.29, 1.82) is 0 Å². The molecule has 4 rings (SSSR count). The van der Waals surface area contributed by atoms with Crippen LogP contribution < -0.4 is 0 Å². The molecule has 1 atom stereocenters. The van der Waals surface area contributed by atoms with E-state index < -0.39 is 0 Å². The smallest absolute Gasteiger partial charge is 0.123 e. The van der Waals surface area contributed by atoms with E-state index in [0.29, 0.717) is 0 Å². The Morgan fingerprint density at radius 1 is 1.12 bits per heavy atom. The van der Waals surface area contributed by atoms with E-state index in [4.69, 9.17) is 4.74 Å². The van der Waals surface area contributed by atoms with Crippen LogP contribution >= 0.6 is 0 Å². The lowest BCUT2D eigenvalue weighted by molar-refractivity contribution is 0.0989. The minimum atomic E-state index is -0.133. The summed E-state index contributed by atoms with van der Waals surface area (Å²) in [6, 6.07) is 7.95. The highest BCUT2D eigenvalue weighted by Gasteiger charge is 2.39. The van der Waals surface area contributed by atoms with Crippen molar-refractivity contribution in [1.82, 2.24) is 9.80 Å². The molecule has 24 heavy (non-hydrogen) atoms. The first-order valence-electron chi connectivity index (χ1n) is 9.55. The number of hydrogen-bond acceptors (Lipinski definition) is 3.